The molecule has 0 aliphatic rings. The fraction of sp³-hybridized carbons (Fsp3) is 0.375. The SMILES string of the molecule is CCCNC(Cc1ccccc1OC)c1cc(Br)cs1. The molecule has 1 N–H and O–H groups in total. The van der Waals surface area contributed by atoms with E-state index in [2.05, 4.69) is 51.7 Å². The predicted molar refractivity (Wildman–Crippen MR) is 89.8 cm³/mol. The topological polar surface area (TPSA) is 21.3 Å². The lowest BCUT2D eigenvalue weighted by Crippen LogP contribution is -2.23. The van der Waals surface area contributed by atoms with Gasteiger partial charge in [-0.15, -0.1) is 11.3 Å². The van der Waals surface area contributed by atoms with Crippen molar-refractivity contribution in [2.75, 3.05) is 13.7 Å². The number of nitrogens with one attached hydrogen (secondary N) is 1. The van der Waals surface area contributed by atoms with Crippen molar-refractivity contribution in [2.45, 2.75) is 25.8 Å². The number of benzene rings is 1. The van der Waals surface area contributed by atoms with Gasteiger partial charge >= 0.3 is 0 Å². The molecule has 1 atom stereocenters. The zero-order valence-electron chi connectivity index (χ0n) is 11.9. The number of para-hydroxylation sites is 1. The number of methoxy groups -OCH3 is 1. The van der Waals surface area contributed by atoms with E-state index in [1.807, 2.05) is 12.1 Å². The Morgan fingerprint density at radius 1 is 1.35 bits per heavy atom. The zero-order valence-corrected chi connectivity index (χ0v) is 14.3. The molecule has 0 radical (unpaired) electrons. The van der Waals surface area contributed by atoms with Gasteiger partial charge in [0.2, 0.25) is 0 Å². The van der Waals surface area contributed by atoms with E-state index >= 15 is 0 Å². The highest BCUT2D eigenvalue weighted by atomic mass is 79.9. The van der Waals surface area contributed by atoms with Crippen molar-refractivity contribution < 1.29 is 4.74 Å². The maximum Gasteiger partial charge on any atom is 0.122 e. The maximum absolute atomic E-state index is 5.46. The van der Waals surface area contributed by atoms with Crippen molar-refractivity contribution >= 4 is 27.3 Å². The van der Waals surface area contributed by atoms with Gasteiger partial charge in [-0.05, 0) is 53.0 Å². The van der Waals surface area contributed by atoms with E-state index in [9.17, 15) is 0 Å². The number of halogens is 1. The molecule has 0 saturated heterocycles. The van der Waals surface area contributed by atoms with Gasteiger partial charge < -0.3 is 10.1 Å². The van der Waals surface area contributed by atoms with Gasteiger partial charge in [-0.25, -0.2) is 0 Å². The second-order valence-corrected chi connectivity index (χ2v) is 6.55. The minimum Gasteiger partial charge on any atom is -0.496 e. The zero-order chi connectivity index (χ0) is 14.4. The van der Waals surface area contributed by atoms with Crippen LogP contribution in [0.3, 0.4) is 0 Å². The van der Waals surface area contributed by atoms with Crippen LogP contribution in [0.5, 0.6) is 5.75 Å². The van der Waals surface area contributed by atoms with E-state index in [-0.39, 0.29) is 0 Å². The molecule has 20 heavy (non-hydrogen) atoms. The molecule has 0 bridgehead atoms. The molecule has 4 heteroatoms. The van der Waals surface area contributed by atoms with E-state index in [0.717, 1.165) is 29.6 Å². The summed E-state index contributed by atoms with van der Waals surface area (Å²) < 4.78 is 6.61. The molecule has 0 aliphatic carbocycles. The second kappa shape index (κ2) is 7.81. The van der Waals surface area contributed by atoms with E-state index in [1.165, 1.54) is 10.4 Å². The van der Waals surface area contributed by atoms with Crippen molar-refractivity contribution in [1.82, 2.24) is 5.32 Å². The van der Waals surface area contributed by atoms with Crippen LogP contribution in [0.4, 0.5) is 0 Å². The molecule has 0 fully saturated rings. The van der Waals surface area contributed by atoms with Crippen LogP contribution in [0.1, 0.15) is 29.8 Å². The van der Waals surface area contributed by atoms with Gasteiger partial charge in [-0.2, -0.15) is 0 Å². The fourth-order valence-electron chi connectivity index (χ4n) is 2.19. The standard InChI is InChI=1S/C16H20BrNOS/c1-3-8-18-14(16-10-13(17)11-20-16)9-12-6-4-5-7-15(12)19-2/h4-7,10-11,14,18H,3,8-9H2,1-2H3. The number of ether oxygens (including phenoxy) is 1. The number of hydrogen-bond donors (Lipinski definition) is 1. The first-order chi connectivity index (χ1) is 9.74. The Balaban J connectivity index is 2.19. The van der Waals surface area contributed by atoms with Gasteiger partial charge in [0.05, 0.1) is 7.11 Å². The van der Waals surface area contributed by atoms with E-state index in [4.69, 9.17) is 4.74 Å². The Hall–Kier alpha value is -0.840. The quantitative estimate of drug-likeness (QED) is 0.771. The molecule has 1 unspecified atom stereocenters. The number of rotatable bonds is 7. The average molecular weight is 354 g/mol. The summed E-state index contributed by atoms with van der Waals surface area (Å²) in [5, 5.41) is 5.77. The van der Waals surface area contributed by atoms with Crippen LogP contribution < -0.4 is 10.1 Å². The lowest BCUT2D eigenvalue weighted by atomic mass is 10.0. The molecule has 0 amide bonds. The highest BCUT2D eigenvalue weighted by Gasteiger charge is 2.15. The van der Waals surface area contributed by atoms with Gasteiger partial charge in [-0.3, -0.25) is 0 Å². The molecule has 2 rings (SSSR count). The summed E-state index contributed by atoms with van der Waals surface area (Å²) >= 11 is 5.33. The first kappa shape index (κ1) is 15.5. The summed E-state index contributed by atoms with van der Waals surface area (Å²) in [7, 11) is 1.73. The van der Waals surface area contributed by atoms with Gasteiger partial charge in [-0.1, -0.05) is 25.1 Å². The Kier molecular flexibility index (Phi) is 6.07. The van der Waals surface area contributed by atoms with Crippen LogP contribution in [-0.2, 0) is 6.42 Å². The van der Waals surface area contributed by atoms with Crippen molar-refractivity contribution in [3.8, 4) is 5.75 Å². The molecule has 1 aromatic heterocycles. The second-order valence-electron chi connectivity index (χ2n) is 4.69. The smallest absolute Gasteiger partial charge is 0.122 e. The lowest BCUT2D eigenvalue weighted by molar-refractivity contribution is 0.405. The highest BCUT2D eigenvalue weighted by Crippen LogP contribution is 2.30. The number of thiophene rings is 1. The molecule has 1 aromatic carbocycles. The van der Waals surface area contributed by atoms with Crippen molar-refractivity contribution in [3.63, 3.8) is 0 Å². The summed E-state index contributed by atoms with van der Waals surface area (Å²) in [5.74, 6) is 0.964. The molecular weight excluding hydrogens is 334 g/mol. The van der Waals surface area contributed by atoms with E-state index in [0.29, 0.717) is 6.04 Å². The van der Waals surface area contributed by atoms with Gasteiger partial charge in [0.25, 0.3) is 0 Å². The molecule has 2 aromatic rings. The summed E-state index contributed by atoms with van der Waals surface area (Å²) in [4.78, 5) is 1.36. The Labute approximate surface area is 133 Å². The van der Waals surface area contributed by atoms with E-state index < -0.39 is 0 Å². The highest BCUT2D eigenvalue weighted by molar-refractivity contribution is 9.10. The molecule has 2 nitrogen and oxygen atoms in total. The van der Waals surface area contributed by atoms with Crippen molar-refractivity contribution in [2.24, 2.45) is 0 Å². The first-order valence-electron chi connectivity index (χ1n) is 6.83. The van der Waals surface area contributed by atoms with Gasteiger partial charge in [0.1, 0.15) is 5.75 Å². The monoisotopic (exact) mass is 353 g/mol. The van der Waals surface area contributed by atoms with Crippen LogP contribution in [0.25, 0.3) is 0 Å². The predicted octanol–water partition coefficient (Wildman–Crippen LogP) is 4.80. The molecule has 0 saturated carbocycles. The largest absolute Gasteiger partial charge is 0.496 e. The Morgan fingerprint density at radius 3 is 2.80 bits per heavy atom. The van der Waals surface area contributed by atoms with Crippen LogP contribution >= 0.6 is 27.3 Å². The third-order valence-corrected chi connectivity index (χ3v) is 5.00. The maximum atomic E-state index is 5.46. The molecule has 0 aliphatic heterocycles. The van der Waals surface area contributed by atoms with Crippen molar-refractivity contribution in [1.29, 1.82) is 0 Å². The molecular formula is C16H20BrNOS. The van der Waals surface area contributed by atoms with Crippen molar-refractivity contribution in [3.05, 3.63) is 50.6 Å². The van der Waals surface area contributed by atoms with Gasteiger partial charge in [0, 0.05) is 20.8 Å². The molecule has 108 valence electrons. The molecule has 1 heterocycles. The first-order valence-corrected chi connectivity index (χ1v) is 8.51. The minimum atomic E-state index is 0.336. The summed E-state index contributed by atoms with van der Waals surface area (Å²) in [6.45, 7) is 3.22. The van der Waals surface area contributed by atoms with Gasteiger partial charge in [0.15, 0.2) is 0 Å². The minimum absolute atomic E-state index is 0.336. The summed E-state index contributed by atoms with van der Waals surface area (Å²) in [6, 6.07) is 10.8. The average Bonchev–Trinajstić information content (AvgIpc) is 2.90. The fourth-order valence-corrected chi connectivity index (χ4v) is 3.72. The van der Waals surface area contributed by atoms with E-state index in [1.54, 1.807) is 18.4 Å². The normalized spacial score (nSPS) is 12.3. The molecule has 0 spiro atoms. The van der Waals surface area contributed by atoms with Crippen LogP contribution in [-0.4, -0.2) is 13.7 Å². The third-order valence-electron chi connectivity index (χ3n) is 3.19. The Morgan fingerprint density at radius 2 is 2.15 bits per heavy atom. The summed E-state index contributed by atoms with van der Waals surface area (Å²) in [6.07, 6.45) is 2.08. The van der Waals surface area contributed by atoms with Crippen LogP contribution in [0, 0.1) is 0 Å². The van der Waals surface area contributed by atoms with Crippen LogP contribution in [0.2, 0.25) is 0 Å². The third kappa shape index (κ3) is 4.08. The Bertz CT molecular complexity index is 541. The van der Waals surface area contributed by atoms with Crippen LogP contribution in [0.15, 0.2) is 40.2 Å². The number of hydrogen-bond acceptors (Lipinski definition) is 3. The lowest BCUT2D eigenvalue weighted by Gasteiger charge is -2.18. The summed E-state index contributed by atoms with van der Waals surface area (Å²) in [5.41, 5.74) is 1.24.